The van der Waals surface area contributed by atoms with Crippen LogP contribution in [0.4, 0.5) is 0 Å². The van der Waals surface area contributed by atoms with Gasteiger partial charge in [0.25, 0.3) is 0 Å². The van der Waals surface area contributed by atoms with Gasteiger partial charge in [0.2, 0.25) is 0 Å². The Bertz CT molecular complexity index is 469. The molecule has 80 valence electrons. The number of H-pyrrole nitrogens is 1. The van der Waals surface area contributed by atoms with Crippen LogP contribution in [0, 0.1) is 4.77 Å². The first-order chi connectivity index (χ1) is 7.04. The lowest BCUT2D eigenvalue weighted by molar-refractivity contribution is -0.143. The summed E-state index contributed by atoms with van der Waals surface area (Å²) < 4.78 is 0.350. The third-order valence-corrected chi connectivity index (χ3v) is 3.24. The van der Waals surface area contributed by atoms with Crippen LogP contribution in [-0.2, 0) is 16.6 Å². The molecule has 2 rings (SSSR count). The molecule has 1 aliphatic carbocycles. The number of hydrogen-bond donors (Lipinski definition) is 2. The van der Waals surface area contributed by atoms with E-state index in [9.17, 15) is 9.90 Å². The molecule has 2 N–H and O–H groups in total. The first-order valence-electron chi connectivity index (χ1n) is 4.86. The lowest BCUT2D eigenvalue weighted by Crippen LogP contribution is -2.37. The number of aryl methyl sites for hydroxylation is 1. The average Bonchev–Trinajstić information content (AvgIpc) is 2.19. The molecular weight excluding hydrogens is 212 g/mol. The van der Waals surface area contributed by atoms with E-state index in [0.29, 0.717) is 11.2 Å². The van der Waals surface area contributed by atoms with E-state index in [1.807, 2.05) is 0 Å². The summed E-state index contributed by atoms with van der Waals surface area (Å²) in [5.74, 6) is -0.805. The smallest absolute Gasteiger partial charge is 0.315 e. The van der Waals surface area contributed by atoms with Crippen LogP contribution in [0.25, 0.3) is 0 Å². The Balaban J connectivity index is 2.64. The van der Waals surface area contributed by atoms with Gasteiger partial charge in [0.1, 0.15) is 5.41 Å². The Kier molecular flexibility index (Phi) is 2.34. The molecule has 1 aliphatic rings. The second-order valence-electron chi connectivity index (χ2n) is 4.08. The molecule has 1 heterocycles. The third-order valence-electron chi connectivity index (χ3n) is 3.04. The minimum Gasteiger partial charge on any atom is -0.481 e. The number of carbonyl (C=O) groups is 1. The van der Waals surface area contributed by atoms with Gasteiger partial charge in [0.05, 0.1) is 0 Å². The van der Waals surface area contributed by atoms with E-state index in [0.717, 1.165) is 24.1 Å². The summed E-state index contributed by atoms with van der Waals surface area (Å²) in [6, 6.07) is 0. The maximum absolute atomic E-state index is 11.3. The number of carboxylic acid groups (broad SMARTS) is 1. The predicted octanol–water partition coefficient (Wildman–Crippen LogP) is 1.82. The largest absolute Gasteiger partial charge is 0.481 e. The monoisotopic (exact) mass is 224 g/mol. The van der Waals surface area contributed by atoms with Crippen molar-refractivity contribution in [2.75, 3.05) is 0 Å². The molecule has 0 amide bonds. The van der Waals surface area contributed by atoms with Crippen molar-refractivity contribution in [1.29, 1.82) is 0 Å². The Morgan fingerprint density at radius 1 is 1.73 bits per heavy atom. The Morgan fingerprint density at radius 3 is 3.13 bits per heavy atom. The predicted molar refractivity (Wildman–Crippen MR) is 57.3 cm³/mol. The summed E-state index contributed by atoms with van der Waals surface area (Å²) in [4.78, 5) is 18.2. The van der Waals surface area contributed by atoms with Gasteiger partial charge in [-0.25, -0.2) is 4.98 Å². The molecule has 5 heteroatoms. The van der Waals surface area contributed by atoms with Crippen molar-refractivity contribution in [3.63, 3.8) is 0 Å². The van der Waals surface area contributed by atoms with E-state index in [-0.39, 0.29) is 0 Å². The first-order valence-corrected chi connectivity index (χ1v) is 5.27. The molecule has 4 nitrogen and oxygen atoms in total. The Labute approximate surface area is 92.4 Å². The quantitative estimate of drug-likeness (QED) is 0.714. The van der Waals surface area contributed by atoms with Gasteiger partial charge in [-0.15, -0.1) is 0 Å². The molecule has 0 bridgehead atoms. The summed E-state index contributed by atoms with van der Waals surface area (Å²) in [6.07, 6.45) is 4.08. The molecule has 0 aromatic carbocycles. The van der Waals surface area contributed by atoms with Gasteiger partial charge in [0, 0.05) is 11.9 Å². The number of aromatic amines is 1. The molecule has 0 radical (unpaired) electrons. The normalized spacial score (nSPS) is 24.6. The minimum absolute atomic E-state index is 0.350. The maximum Gasteiger partial charge on any atom is 0.315 e. The fraction of sp³-hybridized carbons (Fsp3) is 0.500. The highest BCUT2D eigenvalue weighted by molar-refractivity contribution is 7.71. The van der Waals surface area contributed by atoms with Crippen molar-refractivity contribution in [3.8, 4) is 0 Å². The van der Waals surface area contributed by atoms with Crippen LogP contribution in [-0.4, -0.2) is 21.0 Å². The van der Waals surface area contributed by atoms with Crippen LogP contribution in [0.15, 0.2) is 6.20 Å². The van der Waals surface area contributed by atoms with E-state index in [4.69, 9.17) is 12.2 Å². The topological polar surface area (TPSA) is 66.0 Å². The second-order valence-corrected chi connectivity index (χ2v) is 4.47. The highest BCUT2D eigenvalue weighted by Gasteiger charge is 2.39. The van der Waals surface area contributed by atoms with E-state index < -0.39 is 11.4 Å². The lowest BCUT2D eigenvalue weighted by atomic mass is 9.75. The highest BCUT2D eigenvalue weighted by atomic mass is 32.1. The Hall–Kier alpha value is -1.23. The molecule has 0 saturated heterocycles. The van der Waals surface area contributed by atoms with Crippen molar-refractivity contribution >= 4 is 18.2 Å². The molecule has 0 fully saturated rings. The molecule has 0 spiro atoms. The summed E-state index contributed by atoms with van der Waals surface area (Å²) in [5.41, 5.74) is 0.852. The van der Waals surface area contributed by atoms with Gasteiger partial charge >= 0.3 is 5.97 Å². The molecule has 0 aliphatic heterocycles. The fourth-order valence-electron chi connectivity index (χ4n) is 2.07. The molecule has 1 atom stereocenters. The number of nitrogens with zero attached hydrogens (tertiary/aromatic N) is 1. The zero-order valence-electron chi connectivity index (χ0n) is 8.41. The first kappa shape index (κ1) is 10.3. The molecule has 1 unspecified atom stereocenters. The fourth-order valence-corrected chi connectivity index (χ4v) is 2.23. The number of hydrogen-bond acceptors (Lipinski definition) is 3. The maximum atomic E-state index is 11.3. The summed E-state index contributed by atoms with van der Waals surface area (Å²) in [5, 5.41) is 9.26. The van der Waals surface area contributed by atoms with Gasteiger partial charge in [-0.3, -0.25) is 4.79 Å². The molecule has 1 aromatic heterocycles. The second kappa shape index (κ2) is 3.41. The molecule has 0 saturated carbocycles. The van der Waals surface area contributed by atoms with Gasteiger partial charge in [-0.2, -0.15) is 0 Å². The summed E-state index contributed by atoms with van der Waals surface area (Å²) >= 11 is 4.93. The zero-order chi connectivity index (χ0) is 11.1. The molecule has 1 aromatic rings. The number of nitrogens with one attached hydrogen (secondary N) is 1. The van der Waals surface area contributed by atoms with Crippen LogP contribution < -0.4 is 0 Å². The minimum atomic E-state index is -0.843. The van der Waals surface area contributed by atoms with Crippen LogP contribution in [0.3, 0.4) is 0 Å². The molecule has 15 heavy (non-hydrogen) atoms. The van der Waals surface area contributed by atoms with Gasteiger partial charge in [-0.1, -0.05) is 0 Å². The lowest BCUT2D eigenvalue weighted by Gasteiger charge is -2.31. The number of aromatic nitrogens is 2. The number of fused-ring (bicyclic) bond motifs is 1. The summed E-state index contributed by atoms with van der Waals surface area (Å²) in [7, 11) is 0. The van der Waals surface area contributed by atoms with Gasteiger partial charge < -0.3 is 10.1 Å². The van der Waals surface area contributed by atoms with Crippen molar-refractivity contribution in [3.05, 3.63) is 22.2 Å². The van der Waals surface area contributed by atoms with Crippen molar-refractivity contribution in [1.82, 2.24) is 9.97 Å². The van der Waals surface area contributed by atoms with E-state index in [1.54, 1.807) is 13.1 Å². The van der Waals surface area contributed by atoms with Gasteiger partial charge in [0.15, 0.2) is 4.77 Å². The number of carboxylic acids is 1. The van der Waals surface area contributed by atoms with E-state index in [2.05, 4.69) is 9.97 Å². The van der Waals surface area contributed by atoms with E-state index >= 15 is 0 Å². The Morgan fingerprint density at radius 2 is 2.47 bits per heavy atom. The van der Waals surface area contributed by atoms with Crippen LogP contribution in [0.5, 0.6) is 0 Å². The number of rotatable bonds is 1. The summed E-state index contributed by atoms with van der Waals surface area (Å²) in [6.45, 7) is 1.73. The van der Waals surface area contributed by atoms with Crippen molar-refractivity contribution in [2.45, 2.75) is 31.6 Å². The van der Waals surface area contributed by atoms with Crippen molar-refractivity contribution < 1.29 is 9.90 Å². The molecular formula is C10H12N2O2S. The van der Waals surface area contributed by atoms with Crippen LogP contribution in [0.2, 0.25) is 0 Å². The van der Waals surface area contributed by atoms with Crippen molar-refractivity contribution in [2.24, 2.45) is 0 Å². The van der Waals surface area contributed by atoms with Crippen LogP contribution in [0.1, 0.15) is 31.0 Å². The van der Waals surface area contributed by atoms with Gasteiger partial charge in [-0.05, 0) is 44.0 Å². The zero-order valence-corrected chi connectivity index (χ0v) is 9.23. The third kappa shape index (κ3) is 1.56. The van der Waals surface area contributed by atoms with E-state index in [1.165, 1.54) is 0 Å². The number of aliphatic carboxylic acids is 1. The standard InChI is InChI=1S/C10H12N2O2S/c1-10(8(13)14)4-2-3-6-5-11-9(15)12-7(6)10/h5H,2-4H2,1H3,(H,13,14)(H,11,12,15). The van der Waals surface area contributed by atoms with Crippen LogP contribution >= 0.6 is 12.2 Å². The average molecular weight is 224 g/mol. The SMILES string of the molecule is CC1(C(=O)O)CCCc2cnc(=S)[nH]c21. The highest BCUT2D eigenvalue weighted by Crippen LogP contribution is 2.35.